The van der Waals surface area contributed by atoms with E-state index >= 15 is 4.39 Å². The number of nitrogens with one attached hydrogen (secondary N) is 3. The van der Waals surface area contributed by atoms with Crippen LogP contribution in [-0.4, -0.2) is 73.1 Å². The third-order valence-corrected chi connectivity index (χ3v) is 7.67. The number of amides is 1. The van der Waals surface area contributed by atoms with Crippen LogP contribution < -0.4 is 20.7 Å². The number of carbonyl (C=O) groups is 1. The van der Waals surface area contributed by atoms with Crippen molar-refractivity contribution >= 4 is 28.2 Å². The van der Waals surface area contributed by atoms with Crippen molar-refractivity contribution in [1.82, 2.24) is 14.8 Å². The number of rotatable bonds is 8. The van der Waals surface area contributed by atoms with Gasteiger partial charge < -0.3 is 25.3 Å². The number of benzene rings is 2. The Morgan fingerprint density at radius 2 is 1.88 bits per heavy atom. The molecule has 7 nitrogen and oxygen atoms in total. The lowest BCUT2D eigenvalue weighted by Gasteiger charge is -2.42. The molecule has 2 atom stereocenters. The maximum Gasteiger partial charge on any atom is 0.390 e. The zero-order valence-electron chi connectivity index (χ0n) is 25.2. The summed E-state index contributed by atoms with van der Waals surface area (Å²) in [5.41, 5.74) is 2.62. The van der Waals surface area contributed by atoms with Gasteiger partial charge in [-0.05, 0) is 69.5 Å². The Morgan fingerprint density at radius 1 is 1.12 bits per heavy atom. The van der Waals surface area contributed by atoms with Crippen LogP contribution in [0.1, 0.15) is 49.7 Å². The highest BCUT2D eigenvalue weighted by Crippen LogP contribution is 2.32. The average molecular weight is 602 g/mol. The molecule has 1 aliphatic heterocycles. The molecule has 232 valence electrons. The van der Waals surface area contributed by atoms with Gasteiger partial charge in [0.15, 0.2) is 0 Å². The van der Waals surface area contributed by atoms with Gasteiger partial charge in [0.25, 0.3) is 5.91 Å². The molecule has 0 bridgehead atoms. The van der Waals surface area contributed by atoms with Crippen molar-refractivity contribution in [2.75, 3.05) is 44.4 Å². The minimum absolute atomic E-state index is 0.131. The fourth-order valence-corrected chi connectivity index (χ4v) is 5.27. The molecule has 1 saturated heterocycles. The van der Waals surface area contributed by atoms with Crippen LogP contribution in [-0.2, 0) is 6.54 Å². The maximum atomic E-state index is 15.2. The molecule has 0 spiro atoms. The van der Waals surface area contributed by atoms with Gasteiger partial charge in [0.2, 0.25) is 0 Å². The van der Waals surface area contributed by atoms with Gasteiger partial charge in [0.1, 0.15) is 11.9 Å². The lowest BCUT2D eigenvalue weighted by atomic mass is 9.96. The lowest BCUT2D eigenvalue weighted by Crippen LogP contribution is -2.54. The minimum Gasteiger partial charge on any atom is -0.495 e. The first-order valence-electron chi connectivity index (χ1n) is 14.3. The van der Waals surface area contributed by atoms with Gasteiger partial charge in [-0.25, -0.2) is 4.39 Å². The van der Waals surface area contributed by atoms with Gasteiger partial charge in [-0.15, -0.1) is 0 Å². The predicted octanol–water partition coefficient (Wildman–Crippen LogP) is 6.05. The first-order chi connectivity index (χ1) is 20.3. The van der Waals surface area contributed by atoms with Crippen molar-refractivity contribution < 1.29 is 27.1 Å². The van der Waals surface area contributed by atoms with Gasteiger partial charge in [-0.2, -0.15) is 13.2 Å². The standard InChI is InChI=1S/C32H39F4N5O2/c1-31(2,3)40-16-13-26(24(33)20-40)39-25-9-6-10-28-23(25)19-22(41(28)17-14-32(34,35)36)8-7-15-38-27-12-11-21(30(42)37-4)18-29(27)43-5/h6,9-12,18-19,24,26,38-39H,13-17,20H2,1-5H3,(H,37,42)/t24-,26+/m1/s1. The molecule has 1 aromatic heterocycles. The van der Waals surface area contributed by atoms with E-state index in [4.69, 9.17) is 4.74 Å². The number of ether oxygens (including phenoxy) is 1. The maximum absolute atomic E-state index is 15.2. The summed E-state index contributed by atoms with van der Waals surface area (Å²) in [7, 11) is 3.03. The Hall–Kier alpha value is -3.91. The third-order valence-electron chi connectivity index (χ3n) is 7.67. The van der Waals surface area contributed by atoms with E-state index in [2.05, 4.69) is 53.5 Å². The number of hydrogen-bond acceptors (Lipinski definition) is 5. The Balaban J connectivity index is 1.58. The fourth-order valence-electron chi connectivity index (χ4n) is 5.27. The Morgan fingerprint density at radius 3 is 2.53 bits per heavy atom. The van der Waals surface area contributed by atoms with Gasteiger partial charge in [-0.1, -0.05) is 12.0 Å². The smallest absolute Gasteiger partial charge is 0.390 e. The molecule has 1 amide bonds. The predicted molar refractivity (Wildman–Crippen MR) is 163 cm³/mol. The molecule has 4 rings (SSSR count). The van der Waals surface area contributed by atoms with Crippen molar-refractivity contribution in [2.24, 2.45) is 0 Å². The van der Waals surface area contributed by atoms with E-state index in [1.807, 2.05) is 6.07 Å². The molecular weight excluding hydrogens is 562 g/mol. The molecule has 1 fully saturated rings. The molecule has 1 aliphatic rings. The van der Waals surface area contributed by atoms with E-state index in [-0.39, 0.29) is 24.5 Å². The van der Waals surface area contributed by atoms with Crippen LogP contribution in [0.5, 0.6) is 5.75 Å². The summed E-state index contributed by atoms with van der Waals surface area (Å²) in [6.45, 7) is 7.14. The first kappa shape index (κ1) is 32.0. The number of fused-ring (bicyclic) bond motifs is 1. The molecule has 0 unspecified atom stereocenters. The lowest BCUT2D eigenvalue weighted by molar-refractivity contribution is -0.136. The fraction of sp³-hybridized carbons (Fsp3) is 0.469. The largest absolute Gasteiger partial charge is 0.495 e. The zero-order valence-corrected chi connectivity index (χ0v) is 25.2. The van der Waals surface area contributed by atoms with E-state index < -0.39 is 24.8 Å². The summed E-state index contributed by atoms with van der Waals surface area (Å²) in [6, 6.07) is 11.7. The third kappa shape index (κ3) is 7.93. The van der Waals surface area contributed by atoms with Gasteiger partial charge >= 0.3 is 6.18 Å². The molecule has 11 heteroatoms. The topological polar surface area (TPSA) is 70.6 Å². The molecular formula is C32H39F4N5O2. The number of aromatic nitrogens is 1. The van der Waals surface area contributed by atoms with E-state index in [1.165, 1.54) is 14.2 Å². The molecule has 3 aromatic rings. The van der Waals surface area contributed by atoms with E-state index in [0.717, 1.165) is 6.54 Å². The highest BCUT2D eigenvalue weighted by Gasteiger charge is 2.34. The molecule has 0 saturated carbocycles. The van der Waals surface area contributed by atoms with E-state index in [9.17, 15) is 18.0 Å². The molecule has 2 heterocycles. The van der Waals surface area contributed by atoms with Gasteiger partial charge in [0, 0.05) is 48.9 Å². The van der Waals surface area contributed by atoms with Crippen LogP contribution in [0.25, 0.3) is 10.9 Å². The van der Waals surface area contributed by atoms with Crippen LogP contribution in [0, 0.1) is 11.8 Å². The van der Waals surface area contributed by atoms with Crippen molar-refractivity contribution in [1.29, 1.82) is 0 Å². The number of piperidine rings is 1. The van der Waals surface area contributed by atoms with Gasteiger partial charge in [-0.3, -0.25) is 9.69 Å². The van der Waals surface area contributed by atoms with Crippen LogP contribution in [0.15, 0.2) is 42.5 Å². The number of carbonyl (C=O) groups excluding carboxylic acids is 1. The quantitative estimate of drug-likeness (QED) is 0.217. The van der Waals surface area contributed by atoms with Crippen LogP contribution >= 0.6 is 0 Å². The number of anilines is 2. The number of hydrogen-bond donors (Lipinski definition) is 3. The molecule has 2 aromatic carbocycles. The Kier molecular flexibility index (Phi) is 9.80. The van der Waals surface area contributed by atoms with Crippen LogP contribution in [0.4, 0.5) is 28.9 Å². The Bertz CT molecular complexity index is 1500. The Labute approximate surface area is 249 Å². The highest BCUT2D eigenvalue weighted by molar-refractivity contribution is 5.95. The molecule has 0 aliphatic carbocycles. The normalized spacial score (nSPS) is 17.7. The van der Waals surface area contributed by atoms with Crippen molar-refractivity contribution in [3.05, 3.63) is 53.7 Å². The van der Waals surface area contributed by atoms with Crippen LogP contribution in [0.2, 0.25) is 0 Å². The zero-order chi connectivity index (χ0) is 31.4. The SMILES string of the molecule is CNC(=O)c1ccc(NCC#Cc2cc3c(N[C@H]4CCN(C(C)(C)C)C[C@H]4F)cccc3n2CCC(F)(F)F)c(OC)c1. The summed E-state index contributed by atoms with van der Waals surface area (Å²) in [4.78, 5) is 14.0. The summed E-state index contributed by atoms with van der Waals surface area (Å²) >= 11 is 0. The van der Waals surface area contributed by atoms with E-state index in [0.29, 0.717) is 52.3 Å². The number of alkyl halides is 4. The van der Waals surface area contributed by atoms with Crippen molar-refractivity contribution in [2.45, 2.75) is 64.1 Å². The van der Waals surface area contributed by atoms with Crippen molar-refractivity contribution in [3.63, 3.8) is 0 Å². The summed E-state index contributed by atoms with van der Waals surface area (Å²) in [6.07, 6.45) is -5.83. The minimum atomic E-state index is -4.33. The first-order valence-corrected chi connectivity index (χ1v) is 14.3. The number of methoxy groups -OCH3 is 1. The van der Waals surface area contributed by atoms with Gasteiger partial charge in [0.05, 0.1) is 43.0 Å². The second kappa shape index (κ2) is 13.2. The molecule has 43 heavy (non-hydrogen) atoms. The monoisotopic (exact) mass is 601 g/mol. The summed E-state index contributed by atoms with van der Waals surface area (Å²) in [5.74, 6) is 6.22. The summed E-state index contributed by atoms with van der Waals surface area (Å²) in [5, 5.41) is 9.72. The second-order valence-corrected chi connectivity index (χ2v) is 11.6. The number of halogens is 4. The number of likely N-dealkylation sites (tertiary alicyclic amines) is 1. The number of aryl methyl sites for hydroxylation is 1. The number of nitrogens with zero attached hydrogens (tertiary/aromatic N) is 2. The van der Waals surface area contributed by atoms with Crippen LogP contribution in [0.3, 0.4) is 0 Å². The second-order valence-electron chi connectivity index (χ2n) is 11.6. The highest BCUT2D eigenvalue weighted by atomic mass is 19.4. The molecule has 0 radical (unpaired) electrons. The van der Waals surface area contributed by atoms with Crippen molar-refractivity contribution in [3.8, 4) is 17.6 Å². The summed E-state index contributed by atoms with van der Waals surface area (Å²) < 4.78 is 61.9. The molecule has 3 N–H and O–H groups in total. The average Bonchev–Trinajstić information content (AvgIpc) is 3.32. The van der Waals surface area contributed by atoms with E-state index in [1.54, 1.807) is 41.0 Å².